The fourth-order valence-corrected chi connectivity index (χ4v) is 2.55. The van der Waals surface area contributed by atoms with Crippen LogP contribution in [0.25, 0.3) is 0 Å². The van der Waals surface area contributed by atoms with Gasteiger partial charge in [-0.05, 0) is 25.0 Å². The second kappa shape index (κ2) is 6.61. The quantitative estimate of drug-likeness (QED) is 0.614. The van der Waals surface area contributed by atoms with Crippen molar-refractivity contribution in [3.05, 3.63) is 35.4 Å². The highest BCUT2D eigenvalue weighted by atomic mass is 16.5. The molecule has 23 heavy (non-hydrogen) atoms. The number of nitriles is 1. The molecule has 0 aromatic heterocycles. The molecule has 0 unspecified atom stereocenters. The number of hydrogen-bond donors (Lipinski definition) is 0. The number of benzene rings is 1. The summed E-state index contributed by atoms with van der Waals surface area (Å²) in [5, 5.41) is 8.80. The molecule has 1 aromatic carbocycles. The lowest BCUT2D eigenvalue weighted by Crippen LogP contribution is -2.49. The summed E-state index contributed by atoms with van der Waals surface area (Å²) in [7, 11) is 0. The van der Waals surface area contributed by atoms with Crippen molar-refractivity contribution in [1.82, 2.24) is 4.90 Å². The van der Waals surface area contributed by atoms with Crippen LogP contribution in [-0.4, -0.2) is 34.8 Å². The van der Waals surface area contributed by atoms with E-state index >= 15 is 0 Å². The van der Waals surface area contributed by atoms with Crippen molar-refractivity contribution in [2.45, 2.75) is 39.3 Å². The van der Waals surface area contributed by atoms with Crippen LogP contribution in [-0.2, 0) is 9.53 Å². The van der Waals surface area contributed by atoms with E-state index in [-0.39, 0.29) is 17.0 Å². The second-order valence-corrected chi connectivity index (χ2v) is 5.56. The number of nitrogens with zero attached hydrogens (tertiary/aromatic N) is 2. The molecule has 0 fully saturated rings. The average Bonchev–Trinajstić information content (AvgIpc) is 2.80. The molecule has 1 aliphatic heterocycles. The summed E-state index contributed by atoms with van der Waals surface area (Å²) in [6.07, 6.45) is -0.363. The van der Waals surface area contributed by atoms with E-state index in [0.717, 1.165) is 4.90 Å². The maximum absolute atomic E-state index is 12.6. The normalized spacial score (nSPS) is 17.2. The standard InChI is InChI=1S/C17H18N2O4/c1-4-10(2)14(17(22)23-11(3)9-18)19-15(20)12-7-5-6-8-13(12)16(19)21/h5-8,10-11,14H,4H2,1-3H3/t10-,11-,14-/m0/s1. The van der Waals surface area contributed by atoms with Crippen molar-refractivity contribution in [3.63, 3.8) is 0 Å². The summed E-state index contributed by atoms with van der Waals surface area (Å²) in [4.78, 5) is 38.5. The van der Waals surface area contributed by atoms with Gasteiger partial charge >= 0.3 is 5.97 Å². The van der Waals surface area contributed by atoms with Gasteiger partial charge in [-0.1, -0.05) is 32.4 Å². The molecule has 2 amide bonds. The van der Waals surface area contributed by atoms with Gasteiger partial charge in [0.2, 0.25) is 0 Å². The van der Waals surface area contributed by atoms with E-state index in [9.17, 15) is 14.4 Å². The van der Waals surface area contributed by atoms with E-state index in [4.69, 9.17) is 10.00 Å². The number of carbonyl (C=O) groups excluding carboxylic acids is 3. The van der Waals surface area contributed by atoms with E-state index in [1.165, 1.54) is 6.92 Å². The van der Waals surface area contributed by atoms with Crippen molar-refractivity contribution in [1.29, 1.82) is 5.26 Å². The van der Waals surface area contributed by atoms with Gasteiger partial charge in [-0.15, -0.1) is 0 Å². The number of hydrogen-bond acceptors (Lipinski definition) is 5. The zero-order valence-electron chi connectivity index (χ0n) is 13.3. The molecular formula is C17H18N2O4. The van der Waals surface area contributed by atoms with Crippen LogP contribution < -0.4 is 0 Å². The molecule has 6 heteroatoms. The minimum Gasteiger partial charge on any atom is -0.446 e. The van der Waals surface area contributed by atoms with Crippen LogP contribution in [0.15, 0.2) is 24.3 Å². The van der Waals surface area contributed by atoms with Gasteiger partial charge in [0.1, 0.15) is 12.1 Å². The highest BCUT2D eigenvalue weighted by molar-refractivity contribution is 6.22. The Bertz CT molecular complexity index is 657. The fourth-order valence-electron chi connectivity index (χ4n) is 2.55. The van der Waals surface area contributed by atoms with Crippen molar-refractivity contribution in [2.24, 2.45) is 5.92 Å². The van der Waals surface area contributed by atoms with Crippen molar-refractivity contribution >= 4 is 17.8 Å². The fraction of sp³-hybridized carbons (Fsp3) is 0.412. The average molecular weight is 314 g/mol. The predicted molar refractivity (Wildman–Crippen MR) is 81.4 cm³/mol. The lowest BCUT2D eigenvalue weighted by atomic mass is 9.97. The van der Waals surface area contributed by atoms with Crippen molar-refractivity contribution in [2.75, 3.05) is 0 Å². The monoisotopic (exact) mass is 314 g/mol. The van der Waals surface area contributed by atoms with Gasteiger partial charge in [0.15, 0.2) is 6.10 Å². The number of carbonyl (C=O) groups is 3. The molecule has 0 spiro atoms. The predicted octanol–water partition coefficient (Wildman–Crippen LogP) is 2.15. The Balaban J connectivity index is 2.38. The third kappa shape index (κ3) is 2.95. The number of esters is 1. The van der Waals surface area contributed by atoms with Crippen LogP contribution in [0.4, 0.5) is 0 Å². The molecule has 2 rings (SSSR count). The number of ether oxygens (including phenoxy) is 1. The smallest absolute Gasteiger partial charge is 0.330 e. The minimum absolute atomic E-state index is 0.282. The lowest BCUT2D eigenvalue weighted by Gasteiger charge is -2.29. The first-order chi connectivity index (χ1) is 10.9. The first-order valence-corrected chi connectivity index (χ1v) is 7.49. The van der Waals surface area contributed by atoms with Crippen LogP contribution >= 0.6 is 0 Å². The van der Waals surface area contributed by atoms with Crippen LogP contribution in [0.3, 0.4) is 0 Å². The second-order valence-electron chi connectivity index (χ2n) is 5.56. The maximum Gasteiger partial charge on any atom is 0.330 e. The van der Waals surface area contributed by atoms with E-state index in [1.54, 1.807) is 37.3 Å². The maximum atomic E-state index is 12.6. The van der Waals surface area contributed by atoms with Crippen LogP contribution in [0.2, 0.25) is 0 Å². The summed E-state index contributed by atoms with van der Waals surface area (Å²) in [6, 6.07) is 7.23. The Hall–Kier alpha value is -2.68. The molecule has 0 bridgehead atoms. The molecule has 0 saturated heterocycles. The van der Waals surface area contributed by atoms with E-state index in [2.05, 4.69) is 0 Å². The molecular weight excluding hydrogens is 296 g/mol. The lowest BCUT2D eigenvalue weighted by molar-refractivity contribution is -0.152. The largest absolute Gasteiger partial charge is 0.446 e. The van der Waals surface area contributed by atoms with Crippen LogP contribution in [0, 0.1) is 17.2 Å². The van der Waals surface area contributed by atoms with Gasteiger partial charge in [0.05, 0.1) is 11.1 Å². The molecule has 6 nitrogen and oxygen atoms in total. The molecule has 3 atom stereocenters. The Morgan fingerprint density at radius 3 is 2.17 bits per heavy atom. The third-order valence-corrected chi connectivity index (χ3v) is 4.00. The van der Waals surface area contributed by atoms with Crippen molar-refractivity contribution in [3.8, 4) is 6.07 Å². The molecule has 1 aromatic rings. The van der Waals surface area contributed by atoms with Gasteiger partial charge < -0.3 is 4.74 Å². The molecule has 1 aliphatic rings. The summed E-state index contributed by atoms with van der Waals surface area (Å²) in [5.41, 5.74) is 0.568. The molecule has 0 N–H and O–H groups in total. The highest BCUT2D eigenvalue weighted by Crippen LogP contribution is 2.28. The first kappa shape index (κ1) is 16.7. The number of amides is 2. The summed E-state index contributed by atoms with van der Waals surface area (Å²) in [6.45, 7) is 5.07. The molecule has 0 radical (unpaired) electrons. The Labute approximate surface area is 134 Å². The number of rotatable bonds is 5. The Morgan fingerprint density at radius 2 is 1.74 bits per heavy atom. The zero-order valence-corrected chi connectivity index (χ0v) is 13.3. The molecule has 120 valence electrons. The van der Waals surface area contributed by atoms with E-state index in [1.807, 2.05) is 6.92 Å². The van der Waals surface area contributed by atoms with Gasteiger partial charge in [0.25, 0.3) is 11.8 Å². The van der Waals surface area contributed by atoms with E-state index < -0.39 is 29.9 Å². The van der Waals surface area contributed by atoms with Gasteiger partial charge in [-0.3, -0.25) is 14.5 Å². The number of fused-ring (bicyclic) bond motifs is 1. The van der Waals surface area contributed by atoms with Gasteiger partial charge in [-0.25, -0.2) is 4.79 Å². The molecule has 0 saturated carbocycles. The Morgan fingerprint density at radius 1 is 1.22 bits per heavy atom. The van der Waals surface area contributed by atoms with Gasteiger partial charge in [0, 0.05) is 0 Å². The summed E-state index contributed by atoms with van der Waals surface area (Å²) in [5.74, 6) is -2.02. The molecule has 1 heterocycles. The minimum atomic E-state index is -1.04. The van der Waals surface area contributed by atoms with E-state index in [0.29, 0.717) is 6.42 Å². The third-order valence-electron chi connectivity index (χ3n) is 4.00. The summed E-state index contributed by atoms with van der Waals surface area (Å²) < 4.78 is 5.05. The zero-order chi connectivity index (χ0) is 17.1. The van der Waals surface area contributed by atoms with Gasteiger partial charge in [-0.2, -0.15) is 5.26 Å². The summed E-state index contributed by atoms with van der Waals surface area (Å²) >= 11 is 0. The molecule has 0 aliphatic carbocycles. The van der Waals surface area contributed by atoms with Crippen LogP contribution in [0.1, 0.15) is 47.9 Å². The Kier molecular flexibility index (Phi) is 4.80. The van der Waals surface area contributed by atoms with Crippen molar-refractivity contribution < 1.29 is 19.1 Å². The number of imide groups is 1. The first-order valence-electron chi connectivity index (χ1n) is 7.49. The SMILES string of the molecule is CC[C@H](C)[C@@H](C(=O)O[C@@H](C)C#N)N1C(=O)c2ccccc2C1=O. The highest BCUT2D eigenvalue weighted by Gasteiger charge is 2.45. The van der Waals surface area contributed by atoms with Crippen LogP contribution in [0.5, 0.6) is 0 Å². The topological polar surface area (TPSA) is 87.5 Å².